The standard InChI is InChI=1S/C9H8IN/c1-7-4-8(2-3-11)6-9(10)5-7/h4-6H,2H2,1H3. The number of benzene rings is 1. The summed E-state index contributed by atoms with van der Waals surface area (Å²) in [6.07, 6.45) is 0.512. The van der Waals surface area contributed by atoms with Gasteiger partial charge in [-0.2, -0.15) is 5.26 Å². The number of rotatable bonds is 1. The van der Waals surface area contributed by atoms with Crippen LogP contribution in [0.2, 0.25) is 0 Å². The molecule has 1 nitrogen and oxygen atoms in total. The van der Waals surface area contributed by atoms with Gasteiger partial charge in [-0.15, -0.1) is 0 Å². The minimum Gasteiger partial charge on any atom is -0.198 e. The summed E-state index contributed by atoms with van der Waals surface area (Å²) in [4.78, 5) is 0. The molecule has 0 saturated heterocycles. The molecule has 1 rings (SSSR count). The molecule has 0 aliphatic carbocycles. The predicted molar refractivity (Wildman–Crippen MR) is 53.2 cm³/mol. The van der Waals surface area contributed by atoms with Gasteiger partial charge in [-0.25, -0.2) is 0 Å². The van der Waals surface area contributed by atoms with Crippen LogP contribution in [0, 0.1) is 21.8 Å². The van der Waals surface area contributed by atoms with Crippen LogP contribution >= 0.6 is 22.6 Å². The van der Waals surface area contributed by atoms with Gasteiger partial charge in [0.25, 0.3) is 0 Å². The molecule has 0 unspecified atom stereocenters. The smallest absolute Gasteiger partial charge is 0.0669 e. The van der Waals surface area contributed by atoms with E-state index < -0.39 is 0 Å². The first-order valence-electron chi connectivity index (χ1n) is 3.35. The molecule has 0 atom stereocenters. The van der Waals surface area contributed by atoms with E-state index >= 15 is 0 Å². The number of hydrogen-bond donors (Lipinski definition) is 0. The Bertz CT molecular complexity index is 279. The molecule has 2 heteroatoms. The minimum absolute atomic E-state index is 0.512. The third kappa shape index (κ3) is 2.51. The van der Waals surface area contributed by atoms with Gasteiger partial charge in [0.1, 0.15) is 0 Å². The van der Waals surface area contributed by atoms with Crippen molar-refractivity contribution in [3.8, 4) is 6.07 Å². The fourth-order valence-corrected chi connectivity index (χ4v) is 1.90. The van der Waals surface area contributed by atoms with Crippen molar-refractivity contribution in [2.45, 2.75) is 13.3 Å². The lowest BCUT2D eigenvalue weighted by Gasteiger charge is -1.98. The molecule has 0 radical (unpaired) electrons. The van der Waals surface area contributed by atoms with Crippen LogP contribution in [0.3, 0.4) is 0 Å². The third-order valence-electron chi connectivity index (χ3n) is 1.39. The molecule has 0 aliphatic heterocycles. The van der Waals surface area contributed by atoms with Gasteiger partial charge in [0.05, 0.1) is 12.5 Å². The summed E-state index contributed by atoms with van der Waals surface area (Å²) >= 11 is 2.26. The molecule has 0 amide bonds. The maximum Gasteiger partial charge on any atom is 0.0669 e. The SMILES string of the molecule is Cc1cc(I)cc(CC#N)c1. The van der Waals surface area contributed by atoms with Gasteiger partial charge in [-0.05, 0) is 52.8 Å². The number of nitrogens with zero attached hydrogens (tertiary/aromatic N) is 1. The Kier molecular flexibility index (Phi) is 2.89. The lowest BCUT2D eigenvalue weighted by Crippen LogP contribution is -1.84. The average molecular weight is 257 g/mol. The summed E-state index contributed by atoms with van der Waals surface area (Å²) in [5.74, 6) is 0. The zero-order valence-corrected chi connectivity index (χ0v) is 8.42. The zero-order valence-electron chi connectivity index (χ0n) is 6.26. The number of halogens is 1. The molecule has 0 bridgehead atoms. The summed E-state index contributed by atoms with van der Waals surface area (Å²) in [7, 11) is 0. The molecule has 0 saturated carbocycles. The highest BCUT2D eigenvalue weighted by molar-refractivity contribution is 14.1. The molecular formula is C9H8IN. The molecule has 0 spiro atoms. The Labute approximate surface area is 80.2 Å². The predicted octanol–water partition coefficient (Wildman–Crippen LogP) is 2.67. The van der Waals surface area contributed by atoms with Gasteiger partial charge in [0.2, 0.25) is 0 Å². The van der Waals surface area contributed by atoms with Crippen LogP contribution < -0.4 is 0 Å². The van der Waals surface area contributed by atoms with Crippen molar-refractivity contribution in [1.29, 1.82) is 5.26 Å². The van der Waals surface area contributed by atoms with E-state index in [1.807, 2.05) is 19.1 Å². The molecule has 11 heavy (non-hydrogen) atoms. The van der Waals surface area contributed by atoms with E-state index in [1.54, 1.807) is 0 Å². The van der Waals surface area contributed by atoms with Crippen LogP contribution in [0.15, 0.2) is 18.2 Å². The van der Waals surface area contributed by atoms with Gasteiger partial charge in [0, 0.05) is 3.57 Å². The van der Waals surface area contributed by atoms with Crippen molar-refractivity contribution < 1.29 is 0 Å². The Morgan fingerprint density at radius 1 is 1.45 bits per heavy atom. The molecule has 0 fully saturated rings. The van der Waals surface area contributed by atoms with Gasteiger partial charge in [-0.1, -0.05) is 6.07 Å². The second-order valence-corrected chi connectivity index (χ2v) is 3.72. The third-order valence-corrected chi connectivity index (χ3v) is 2.01. The first-order chi connectivity index (χ1) is 5.22. The topological polar surface area (TPSA) is 23.8 Å². The number of nitriles is 1. The van der Waals surface area contributed by atoms with Gasteiger partial charge in [-0.3, -0.25) is 0 Å². The van der Waals surface area contributed by atoms with E-state index in [-0.39, 0.29) is 0 Å². The van der Waals surface area contributed by atoms with Crippen LogP contribution in [-0.4, -0.2) is 0 Å². The lowest BCUT2D eigenvalue weighted by molar-refractivity contribution is 1.24. The summed E-state index contributed by atoms with van der Waals surface area (Å²) in [6, 6.07) is 8.32. The van der Waals surface area contributed by atoms with Gasteiger partial charge >= 0.3 is 0 Å². The van der Waals surface area contributed by atoms with E-state index in [2.05, 4.69) is 34.7 Å². The van der Waals surface area contributed by atoms with Crippen molar-refractivity contribution in [2.24, 2.45) is 0 Å². The van der Waals surface area contributed by atoms with E-state index in [4.69, 9.17) is 5.26 Å². The highest BCUT2D eigenvalue weighted by atomic mass is 127. The second kappa shape index (κ2) is 3.72. The molecule has 56 valence electrons. The summed E-state index contributed by atoms with van der Waals surface area (Å²) in [5, 5.41) is 8.45. The highest BCUT2D eigenvalue weighted by Gasteiger charge is 1.94. The monoisotopic (exact) mass is 257 g/mol. The maximum absolute atomic E-state index is 8.45. The van der Waals surface area contributed by atoms with Crippen LogP contribution in [0.5, 0.6) is 0 Å². The zero-order chi connectivity index (χ0) is 8.27. The number of hydrogen-bond acceptors (Lipinski definition) is 1. The van der Waals surface area contributed by atoms with Gasteiger partial charge < -0.3 is 0 Å². The molecule has 0 aliphatic rings. The van der Waals surface area contributed by atoms with Crippen molar-refractivity contribution in [3.63, 3.8) is 0 Å². The highest BCUT2D eigenvalue weighted by Crippen LogP contribution is 2.11. The first-order valence-corrected chi connectivity index (χ1v) is 4.43. The maximum atomic E-state index is 8.45. The van der Waals surface area contributed by atoms with Crippen molar-refractivity contribution in [3.05, 3.63) is 32.9 Å². The van der Waals surface area contributed by atoms with Crippen LogP contribution in [0.1, 0.15) is 11.1 Å². The summed E-state index contributed by atoms with van der Waals surface area (Å²) in [6.45, 7) is 2.04. The molecular weight excluding hydrogens is 249 g/mol. The molecule has 0 heterocycles. The summed E-state index contributed by atoms with van der Waals surface area (Å²) in [5.41, 5.74) is 2.33. The normalized spacial score (nSPS) is 9.18. The quantitative estimate of drug-likeness (QED) is 0.709. The summed E-state index contributed by atoms with van der Waals surface area (Å²) < 4.78 is 1.20. The van der Waals surface area contributed by atoms with Crippen molar-refractivity contribution >= 4 is 22.6 Å². The van der Waals surface area contributed by atoms with Crippen molar-refractivity contribution in [2.75, 3.05) is 0 Å². The van der Waals surface area contributed by atoms with Crippen LogP contribution in [0.25, 0.3) is 0 Å². The fourth-order valence-electron chi connectivity index (χ4n) is 1.01. The minimum atomic E-state index is 0.512. The van der Waals surface area contributed by atoms with Crippen molar-refractivity contribution in [1.82, 2.24) is 0 Å². The molecule has 0 N–H and O–H groups in total. The molecule has 1 aromatic carbocycles. The van der Waals surface area contributed by atoms with Crippen LogP contribution in [-0.2, 0) is 6.42 Å². The fraction of sp³-hybridized carbons (Fsp3) is 0.222. The van der Waals surface area contributed by atoms with E-state index in [1.165, 1.54) is 9.13 Å². The Morgan fingerprint density at radius 3 is 2.73 bits per heavy atom. The molecule has 1 aromatic rings. The van der Waals surface area contributed by atoms with Crippen LogP contribution in [0.4, 0.5) is 0 Å². The Balaban J connectivity index is 3.01. The van der Waals surface area contributed by atoms with Gasteiger partial charge in [0.15, 0.2) is 0 Å². The lowest BCUT2D eigenvalue weighted by atomic mass is 10.1. The van der Waals surface area contributed by atoms with E-state index in [0.29, 0.717) is 6.42 Å². The van der Waals surface area contributed by atoms with E-state index in [9.17, 15) is 0 Å². The average Bonchev–Trinajstić information content (AvgIpc) is 1.85. The Hall–Kier alpha value is -0.560. The second-order valence-electron chi connectivity index (χ2n) is 2.47. The van der Waals surface area contributed by atoms with E-state index in [0.717, 1.165) is 5.56 Å². The Morgan fingerprint density at radius 2 is 2.18 bits per heavy atom. The molecule has 0 aromatic heterocycles. The number of aryl methyl sites for hydroxylation is 1. The largest absolute Gasteiger partial charge is 0.198 e. The first kappa shape index (κ1) is 8.54.